The highest BCUT2D eigenvalue weighted by Gasteiger charge is 2.20. The second-order valence-corrected chi connectivity index (χ2v) is 8.79. The predicted molar refractivity (Wildman–Crippen MR) is 115 cm³/mol. The number of carbonyl (C=O) groups is 2. The lowest BCUT2D eigenvalue weighted by atomic mass is 10.1. The van der Waals surface area contributed by atoms with Gasteiger partial charge in [0.1, 0.15) is 12.4 Å². The molecular weight excluding hydrogens is 392 g/mol. The standard InChI is InChI=1S/C21H33ClN4O3/c1-21(2,3)24-20(28)16-26-11-4-10-25(12-13-26)15-19(27)23-9-14-29-18-7-5-17(22)6-8-18/h5-8H,4,9-16H2,1-3H3,(H,23,27)(H,24,28). The Morgan fingerprint density at radius 2 is 1.59 bits per heavy atom. The first kappa shape index (κ1) is 23.4. The molecule has 162 valence electrons. The van der Waals surface area contributed by atoms with E-state index in [9.17, 15) is 9.59 Å². The molecule has 1 heterocycles. The van der Waals surface area contributed by atoms with Gasteiger partial charge in [-0.3, -0.25) is 19.4 Å². The second-order valence-electron chi connectivity index (χ2n) is 8.36. The fraction of sp³-hybridized carbons (Fsp3) is 0.619. The molecule has 2 N–H and O–H groups in total. The lowest BCUT2D eigenvalue weighted by molar-refractivity contribution is -0.124. The maximum Gasteiger partial charge on any atom is 0.234 e. The number of ether oxygens (including phenoxy) is 1. The van der Waals surface area contributed by atoms with Crippen LogP contribution in [0.25, 0.3) is 0 Å². The van der Waals surface area contributed by atoms with E-state index in [0.29, 0.717) is 31.3 Å². The molecule has 2 rings (SSSR count). The maximum atomic E-state index is 12.2. The molecule has 0 unspecified atom stereocenters. The number of hydrogen-bond donors (Lipinski definition) is 2. The Hall–Kier alpha value is -1.83. The van der Waals surface area contributed by atoms with Gasteiger partial charge in [0, 0.05) is 23.7 Å². The van der Waals surface area contributed by atoms with Crippen molar-refractivity contribution in [2.24, 2.45) is 0 Å². The van der Waals surface area contributed by atoms with Crippen molar-refractivity contribution >= 4 is 23.4 Å². The Morgan fingerprint density at radius 1 is 1.00 bits per heavy atom. The van der Waals surface area contributed by atoms with Crippen LogP contribution in [0.4, 0.5) is 0 Å². The molecule has 1 aromatic rings. The summed E-state index contributed by atoms with van der Waals surface area (Å²) >= 11 is 5.84. The molecule has 7 nitrogen and oxygen atoms in total. The third kappa shape index (κ3) is 9.96. The Bertz CT molecular complexity index is 661. The van der Waals surface area contributed by atoms with Crippen LogP contribution in [0.3, 0.4) is 0 Å². The molecule has 0 aromatic heterocycles. The molecule has 8 heteroatoms. The summed E-state index contributed by atoms with van der Waals surface area (Å²) < 4.78 is 5.58. The van der Waals surface area contributed by atoms with Crippen LogP contribution in [-0.2, 0) is 9.59 Å². The number of nitrogens with zero attached hydrogens (tertiary/aromatic N) is 2. The number of carbonyl (C=O) groups excluding carboxylic acids is 2. The highest BCUT2D eigenvalue weighted by Crippen LogP contribution is 2.15. The largest absolute Gasteiger partial charge is 0.492 e. The van der Waals surface area contributed by atoms with E-state index < -0.39 is 0 Å². The molecule has 0 radical (unpaired) electrons. The zero-order valence-electron chi connectivity index (χ0n) is 17.7. The van der Waals surface area contributed by atoms with Crippen LogP contribution < -0.4 is 15.4 Å². The van der Waals surface area contributed by atoms with Gasteiger partial charge in [-0.2, -0.15) is 0 Å². The number of benzene rings is 1. The summed E-state index contributed by atoms with van der Waals surface area (Å²) in [5.74, 6) is 0.764. The van der Waals surface area contributed by atoms with E-state index in [0.717, 1.165) is 38.3 Å². The number of halogens is 1. The van der Waals surface area contributed by atoms with Crippen molar-refractivity contribution in [2.45, 2.75) is 32.7 Å². The van der Waals surface area contributed by atoms with Gasteiger partial charge in [0.2, 0.25) is 11.8 Å². The van der Waals surface area contributed by atoms with Crippen molar-refractivity contribution in [3.63, 3.8) is 0 Å². The van der Waals surface area contributed by atoms with E-state index in [1.165, 1.54) is 0 Å². The zero-order chi connectivity index (χ0) is 21.3. The van der Waals surface area contributed by atoms with Gasteiger partial charge in [-0.1, -0.05) is 11.6 Å². The van der Waals surface area contributed by atoms with Crippen molar-refractivity contribution < 1.29 is 14.3 Å². The molecule has 0 bridgehead atoms. The van der Waals surface area contributed by atoms with E-state index in [1.807, 2.05) is 20.8 Å². The normalized spacial score (nSPS) is 16.1. The average molecular weight is 425 g/mol. The van der Waals surface area contributed by atoms with Crippen molar-refractivity contribution in [1.29, 1.82) is 0 Å². The zero-order valence-corrected chi connectivity index (χ0v) is 18.4. The number of amides is 2. The molecule has 1 aromatic carbocycles. The predicted octanol–water partition coefficient (Wildman–Crippen LogP) is 1.76. The van der Waals surface area contributed by atoms with E-state index in [4.69, 9.17) is 16.3 Å². The molecule has 2 amide bonds. The van der Waals surface area contributed by atoms with E-state index in [1.54, 1.807) is 24.3 Å². The summed E-state index contributed by atoms with van der Waals surface area (Å²) in [5.41, 5.74) is -0.218. The fourth-order valence-corrected chi connectivity index (χ4v) is 3.28. The van der Waals surface area contributed by atoms with E-state index >= 15 is 0 Å². The Labute approximate surface area is 178 Å². The molecule has 1 aliphatic heterocycles. The summed E-state index contributed by atoms with van der Waals surface area (Å²) in [6.45, 7) is 10.8. The van der Waals surface area contributed by atoms with Gasteiger partial charge in [0.25, 0.3) is 0 Å². The molecule has 0 spiro atoms. The van der Waals surface area contributed by atoms with Crippen LogP contribution in [-0.4, -0.2) is 79.6 Å². The number of nitrogens with one attached hydrogen (secondary N) is 2. The first-order chi connectivity index (χ1) is 13.7. The van der Waals surface area contributed by atoms with Crippen molar-refractivity contribution in [1.82, 2.24) is 20.4 Å². The SMILES string of the molecule is CC(C)(C)NC(=O)CN1CCCN(CC(=O)NCCOc2ccc(Cl)cc2)CC1. The Morgan fingerprint density at radius 3 is 2.17 bits per heavy atom. The molecular formula is C21H33ClN4O3. The molecule has 29 heavy (non-hydrogen) atoms. The molecule has 1 saturated heterocycles. The summed E-state index contributed by atoms with van der Waals surface area (Å²) in [4.78, 5) is 28.6. The van der Waals surface area contributed by atoms with Crippen LogP contribution in [0.15, 0.2) is 24.3 Å². The molecule has 1 fully saturated rings. The van der Waals surface area contributed by atoms with E-state index in [2.05, 4.69) is 20.4 Å². The first-order valence-electron chi connectivity index (χ1n) is 10.1. The van der Waals surface area contributed by atoms with Gasteiger partial charge >= 0.3 is 0 Å². The minimum atomic E-state index is -0.218. The van der Waals surface area contributed by atoms with E-state index in [-0.39, 0.29) is 17.4 Å². The van der Waals surface area contributed by atoms with Crippen LogP contribution in [0.5, 0.6) is 5.75 Å². The molecule has 1 aliphatic rings. The lowest BCUT2D eigenvalue weighted by Crippen LogP contribution is -2.46. The van der Waals surface area contributed by atoms with Gasteiger partial charge in [0.15, 0.2) is 0 Å². The van der Waals surface area contributed by atoms with Gasteiger partial charge in [-0.25, -0.2) is 0 Å². The smallest absolute Gasteiger partial charge is 0.234 e. The van der Waals surface area contributed by atoms with Crippen molar-refractivity contribution in [3.8, 4) is 5.75 Å². The maximum absolute atomic E-state index is 12.2. The van der Waals surface area contributed by atoms with Crippen molar-refractivity contribution in [2.75, 3.05) is 52.4 Å². The minimum Gasteiger partial charge on any atom is -0.492 e. The van der Waals surface area contributed by atoms with Crippen LogP contribution in [0.1, 0.15) is 27.2 Å². The highest BCUT2D eigenvalue weighted by molar-refractivity contribution is 6.30. The summed E-state index contributed by atoms with van der Waals surface area (Å²) in [7, 11) is 0. The average Bonchev–Trinajstić information content (AvgIpc) is 2.84. The summed E-state index contributed by atoms with van der Waals surface area (Å²) in [6.07, 6.45) is 0.940. The lowest BCUT2D eigenvalue weighted by Gasteiger charge is -2.25. The summed E-state index contributed by atoms with van der Waals surface area (Å²) in [6, 6.07) is 7.14. The summed E-state index contributed by atoms with van der Waals surface area (Å²) in [5, 5.41) is 6.55. The number of hydrogen-bond acceptors (Lipinski definition) is 5. The van der Waals surface area contributed by atoms with Crippen LogP contribution in [0.2, 0.25) is 5.02 Å². The van der Waals surface area contributed by atoms with Gasteiger partial charge in [-0.15, -0.1) is 0 Å². The monoisotopic (exact) mass is 424 g/mol. The van der Waals surface area contributed by atoms with Gasteiger partial charge < -0.3 is 15.4 Å². The van der Waals surface area contributed by atoms with Crippen LogP contribution >= 0.6 is 11.6 Å². The highest BCUT2D eigenvalue weighted by atomic mass is 35.5. The topological polar surface area (TPSA) is 73.9 Å². The fourth-order valence-electron chi connectivity index (χ4n) is 3.15. The third-order valence-corrected chi connectivity index (χ3v) is 4.69. The van der Waals surface area contributed by atoms with Crippen LogP contribution in [0, 0.1) is 0 Å². The third-order valence-electron chi connectivity index (χ3n) is 4.44. The number of rotatable bonds is 8. The van der Waals surface area contributed by atoms with Gasteiger partial charge in [0.05, 0.1) is 19.6 Å². The molecule has 0 saturated carbocycles. The van der Waals surface area contributed by atoms with Gasteiger partial charge in [-0.05, 0) is 64.5 Å². The molecule has 0 atom stereocenters. The second kappa shape index (κ2) is 11.4. The Balaban J connectivity index is 1.62. The molecule has 0 aliphatic carbocycles. The van der Waals surface area contributed by atoms with Crippen molar-refractivity contribution in [3.05, 3.63) is 29.3 Å². The quantitative estimate of drug-likeness (QED) is 0.622. The minimum absolute atomic E-state index is 0.0105. The first-order valence-corrected chi connectivity index (χ1v) is 10.5. The Kier molecular flexibility index (Phi) is 9.20.